The van der Waals surface area contributed by atoms with Crippen LogP contribution in [0.5, 0.6) is 0 Å². The Morgan fingerprint density at radius 3 is 2.57 bits per heavy atom. The Bertz CT molecular complexity index is 607. The van der Waals surface area contributed by atoms with Gasteiger partial charge in [-0.1, -0.05) is 24.4 Å². The minimum atomic E-state index is -3.41. The van der Waals surface area contributed by atoms with E-state index in [0.717, 1.165) is 0 Å². The lowest BCUT2D eigenvalue weighted by Gasteiger charge is -2.25. The first-order valence-electron chi connectivity index (χ1n) is 6.55. The molecule has 1 aromatic carbocycles. The van der Waals surface area contributed by atoms with Crippen LogP contribution in [0, 0.1) is 0 Å². The smallest absolute Gasteiger partial charge is 0.179 e. The molecular formula is C14H22N2O3S2. The Morgan fingerprint density at radius 1 is 1.43 bits per heavy atom. The molecule has 5 nitrogen and oxygen atoms in total. The molecule has 0 aromatic heterocycles. The topological polar surface area (TPSA) is 83.6 Å². The van der Waals surface area contributed by atoms with Gasteiger partial charge in [0, 0.05) is 18.7 Å². The van der Waals surface area contributed by atoms with Crippen LogP contribution in [-0.2, 0) is 9.84 Å². The van der Waals surface area contributed by atoms with Gasteiger partial charge in [-0.25, -0.2) is 8.42 Å². The zero-order chi connectivity index (χ0) is 16.3. The highest BCUT2D eigenvalue weighted by atomic mass is 32.2. The highest BCUT2D eigenvalue weighted by Gasteiger charge is 2.19. The Labute approximate surface area is 131 Å². The molecule has 0 heterocycles. The number of nitrogens with two attached hydrogens (primary N) is 1. The summed E-state index contributed by atoms with van der Waals surface area (Å²) in [7, 11) is -1.63. The Hall–Kier alpha value is -1.02. The van der Waals surface area contributed by atoms with Gasteiger partial charge in [-0.3, -0.25) is 0 Å². The van der Waals surface area contributed by atoms with E-state index in [1.165, 1.54) is 12.1 Å². The van der Waals surface area contributed by atoms with Gasteiger partial charge in [0.25, 0.3) is 0 Å². The highest BCUT2D eigenvalue weighted by Crippen LogP contribution is 2.14. The van der Waals surface area contributed by atoms with Gasteiger partial charge in [-0.15, -0.1) is 0 Å². The van der Waals surface area contributed by atoms with E-state index in [4.69, 9.17) is 18.0 Å². The van der Waals surface area contributed by atoms with Crippen molar-refractivity contribution in [1.29, 1.82) is 0 Å². The van der Waals surface area contributed by atoms with Gasteiger partial charge in [0.05, 0.1) is 16.2 Å². The van der Waals surface area contributed by atoms with Crippen molar-refractivity contribution in [3.63, 3.8) is 0 Å². The fourth-order valence-corrected chi connectivity index (χ4v) is 3.48. The van der Waals surface area contributed by atoms with E-state index in [0.29, 0.717) is 18.7 Å². The maximum atomic E-state index is 12.3. The van der Waals surface area contributed by atoms with E-state index < -0.39 is 15.4 Å². The Balaban J connectivity index is 2.78. The molecule has 118 valence electrons. The number of sulfone groups is 1. The number of rotatable bonds is 7. The van der Waals surface area contributed by atoms with Gasteiger partial charge in [0.1, 0.15) is 4.99 Å². The molecular weight excluding hydrogens is 308 g/mol. The van der Waals surface area contributed by atoms with Gasteiger partial charge in [-0.2, -0.15) is 0 Å². The van der Waals surface area contributed by atoms with E-state index >= 15 is 0 Å². The third kappa shape index (κ3) is 6.09. The monoisotopic (exact) mass is 330 g/mol. The van der Waals surface area contributed by atoms with Crippen molar-refractivity contribution in [3.05, 3.63) is 29.8 Å². The average molecular weight is 330 g/mol. The second-order valence-electron chi connectivity index (χ2n) is 5.76. The summed E-state index contributed by atoms with van der Waals surface area (Å²) in [5, 5.41) is 9.71. The third-order valence-corrected chi connectivity index (χ3v) is 4.80. The molecule has 0 unspecified atom stereocenters. The molecule has 0 aliphatic carbocycles. The maximum Gasteiger partial charge on any atom is 0.179 e. The molecule has 3 N–H and O–H groups in total. The normalized spacial score (nSPS) is 12.6. The first kappa shape index (κ1) is 18.0. The summed E-state index contributed by atoms with van der Waals surface area (Å²) in [5.74, 6) is -0.0274. The molecule has 0 spiro atoms. The lowest BCUT2D eigenvalue weighted by atomic mass is 10.1. The minimum Gasteiger partial charge on any atom is -0.389 e. The molecule has 0 bridgehead atoms. The lowest BCUT2D eigenvalue weighted by molar-refractivity contribution is 0.0463. The first-order valence-corrected chi connectivity index (χ1v) is 8.61. The zero-order valence-corrected chi connectivity index (χ0v) is 14.2. The molecule has 0 aliphatic rings. The summed E-state index contributed by atoms with van der Waals surface area (Å²) in [6.07, 6.45) is 0. The molecule has 0 saturated carbocycles. The molecule has 21 heavy (non-hydrogen) atoms. The van der Waals surface area contributed by atoms with Crippen molar-refractivity contribution < 1.29 is 13.5 Å². The van der Waals surface area contributed by atoms with Crippen LogP contribution in [-0.4, -0.2) is 54.9 Å². The summed E-state index contributed by atoms with van der Waals surface area (Å²) in [6, 6.07) is 6.34. The van der Waals surface area contributed by atoms with Crippen molar-refractivity contribution >= 4 is 27.0 Å². The second-order valence-corrected chi connectivity index (χ2v) is 8.31. The Kier molecular flexibility index (Phi) is 5.86. The molecule has 0 fully saturated rings. The number of thiocarbonyl (C=S) groups is 1. The van der Waals surface area contributed by atoms with E-state index in [1.807, 2.05) is 0 Å². The summed E-state index contributed by atoms with van der Waals surface area (Å²) in [4.78, 5) is 2.17. The van der Waals surface area contributed by atoms with Crippen LogP contribution >= 0.6 is 12.2 Å². The van der Waals surface area contributed by atoms with E-state index in [1.54, 1.807) is 37.9 Å². The van der Waals surface area contributed by atoms with Crippen molar-refractivity contribution in [2.24, 2.45) is 5.73 Å². The molecule has 0 radical (unpaired) electrons. The summed E-state index contributed by atoms with van der Waals surface area (Å²) < 4.78 is 24.6. The van der Waals surface area contributed by atoms with Gasteiger partial charge in [-0.05, 0) is 33.0 Å². The molecule has 1 aromatic rings. The highest BCUT2D eigenvalue weighted by molar-refractivity contribution is 7.91. The van der Waals surface area contributed by atoms with Crippen molar-refractivity contribution in [2.45, 2.75) is 24.3 Å². The molecule has 0 aliphatic heterocycles. The molecule has 7 heteroatoms. The fourth-order valence-electron chi connectivity index (χ4n) is 1.98. The van der Waals surface area contributed by atoms with Crippen LogP contribution in [0.2, 0.25) is 0 Å². The standard InChI is InChI=1S/C14H22N2O3S2/c1-14(2,17)10-16(3)7-8-21(18,19)12-6-4-5-11(9-12)13(15)20/h4-6,9,17H,7-8,10H2,1-3H3,(H2,15,20). The first-order chi connectivity index (χ1) is 9.51. The predicted octanol–water partition coefficient (Wildman–Crippen LogP) is 0.797. The van der Waals surface area contributed by atoms with Crippen LogP contribution < -0.4 is 5.73 Å². The van der Waals surface area contributed by atoms with E-state index in [9.17, 15) is 13.5 Å². The van der Waals surface area contributed by atoms with Gasteiger partial charge in [0.15, 0.2) is 9.84 Å². The number of hydrogen-bond acceptors (Lipinski definition) is 5. The predicted molar refractivity (Wildman–Crippen MR) is 88.2 cm³/mol. The molecule has 1 rings (SSSR count). The average Bonchev–Trinajstić information content (AvgIpc) is 2.35. The summed E-state index contributed by atoms with van der Waals surface area (Å²) in [6.45, 7) is 4.10. The quantitative estimate of drug-likeness (QED) is 0.720. The second kappa shape index (κ2) is 6.83. The van der Waals surface area contributed by atoms with E-state index in [2.05, 4.69) is 0 Å². The van der Waals surface area contributed by atoms with Crippen LogP contribution in [0.1, 0.15) is 19.4 Å². The largest absolute Gasteiger partial charge is 0.389 e. The number of hydrogen-bond donors (Lipinski definition) is 2. The lowest BCUT2D eigenvalue weighted by Crippen LogP contribution is -2.38. The zero-order valence-electron chi connectivity index (χ0n) is 12.5. The van der Waals surface area contributed by atoms with Gasteiger partial charge >= 0.3 is 0 Å². The fraction of sp³-hybridized carbons (Fsp3) is 0.500. The number of nitrogens with zero attached hydrogens (tertiary/aromatic N) is 1. The number of benzene rings is 1. The molecule has 0 amide bonds. The van der Waals surface area contributed by atoms with Gasteiger partial charge < -0.3 is 15.7 Å². The number of likely N-dealkylation sites (N-methyl/N-ethyl adjacent to an activating group) is 1. The van der Waals surface area contributed by atoms with Crippen LogP contribution in [0.3, 0.4) is 0 Å². The van der Waals surface area contributed by atoms with Crippen LogP contribution in [0.15, 0.2) is 29.2 Å². The summed E-state index contributed by atoms with van der Waals surface area (Å²) in [5.41, 5.74) is 5.20. The van der Waals surface area contributed by atoms with Gasteiger partial charge in [0.2, 0.25) is 0 Å². The summed E-state index contributed by atoms with van der Waals surface area (Å²) >= 11 is 4.86. The molecule has 0 atom stereocenters. The van der Waals surface area contributed by atoms with Crippen molar-refractivity contribution in [1.82, 2.24) is 4.90 Å². The maximum absolute atomic E-state index is 12.3. The van der Waals surface area contributed by atoms with Crippen molar-refractivity contribution in [2.75, 3.05) is 25.9 Å². The van der Waals surface area contributed by atoms with E-state index in [-0.39, 0.29) is 15.6 Å². The number of aliphatic hydroxyl groups is 1. The Morgan fingerprint density at radius 2 is 2.05 bits per heavy atom. The van der Waals surface area contributed by atoms with Crippen LogP contribution in [0.25, 0.3) is 0 Å². The molecule has 0 saturated heterocycles. The minimum absolute atomic E-state index is 0.0274. The van der Waals surface area contributed by atoms with Crippen molar-refractivity contribution in [3.8, 4) is 0 Å². The van der Waals surface area contributed by atoms with Crippen LogP contribution in [0.4, 0.5) is 0 Å². The SMILES string of the molecule is CN(CCS(=O)(=O)c1cccc(C(N)=S)c1)CC(C)(C)O. The third-order valence-electron chi connectivity index (χ3n) is 2.88.